The molecular formula is C22H23N4O. The molecule has 1 aliphatic rings. The van der Waals surface area contributed by atoms with E-state index >= 15 is 0 Å². The number of primary amides is 1. The van der Waals surface area contributed by atoms with Crippen molar-refractivity contribution in [1.29, 1.82) is 0 Å². The van der Waals surface area contributed by atoms with Crippen LogP contribution in [0.1, 0.15) is 45.7 Å². The van der Waals surface area contributed by atoms with Gasteiger partial charge in [-0.3, -0.25) is 14.8 Å². The molecule has 0 spiro atoms. The minimum atomic E-state index is -0.484. The number of aromatic nitrogens is 2. The number of nitrogens with zero attached hydrogens (tertiary/aromatic N) is 2. The standard InChI is InChI=1S/C22H23N4O/c1-14-19(15(2)25-24-14)20(17-9-4-3-5-10-17)26-13-12-16-8-6-7-11-18(16)21(26)22(23)27/h3-5,7-11,20-21H,12-13H2,1-2H3,(H2,23,27)(H,24,25). The molecule has 2 aromatic carbocycles. The van der Waals surface area contributed by atoms with Gasteiger partial charge >= 0.3 is 0 Å². The van der Waals surface area contributed by atoms with Crippen LogP contribution < -0.4 is 5.73 Å². The number of H-pyrrole nitrogens is 1. The molecule has 5 nitrogen and oxygen atoms in total. The third-order valence-electron chi connectivity index (χ3n) is 5.43. The predicted molar refractivity (Wildman–Crippen MR) is 104 cm³/mol. The zero-order valence-electron chi connectivity index (χ0n) is 15.6. The number of fused-ring (bicyclic) bond motifs is 1. The number of nitrogens with two attached hydrogens (primary N) is 1. The zero-order valence-corrected chi connectivity index (χ0v) is 15.6. The van der Waals surface area contributed by atoms with Crippen molar-refractivity contribution >= 4 is 5.91 Å². The van der Waals surface area contributed by atoms with E-state index in [1.54, 1.807) is 0 Å². The lowest BCUT2D eigenvalue weighted by atomic mass is 9.87. The monoisotopic (exact) mass is 359 g/mol. The Labute approximate surface area is 159 Å². The molecule has 1 radical (unpaired) electrons. The van der Waals surface area contributed by atoms with E-state index in [2.05, 4.69) is 33.3 Å². The van der Waals surface area contributed by atoms with Gasteiger partial charge in [0.05, 0.1) is 11.7 Å². The Morgan fingerprint density at radius 2 is 2.07 bits per heavy atom. The molecule has 2 atom stereocenters. The van der Waals surface area contributed by atoms with Gasteiger partial charge in [-0.15, -0.1) is 0 Å². The van der Waals surface area contributed by atoms with Crippen molar-refractivity contribution < 1.29 is 4.79 Å². The molecule has 27 heavy (non-hydrogen) atoms. The summed E-state index contributed by atoms with van der Waals surface area (Å²) in [7, 11) is 0. The van der Waals surface area contributed by atoms with Crippen molar-refractivity contribution in [3.05, 3.63) is 88.2 Å². The number of benzene rings is 2. The van der Waals surface area contributed by atoms with Crippen molar-refractivity contribution in [3.63, 3.8) is 0 Å². The van der Waals surface area contributed by atoms with E-state index in [0.29, 0.717) is 0 Å². The fourth-order valence-corrected chi connectivity index (χ4v) is 4.23. The normalized spacial score (nSPS) is 18.1. The van der Waals surface area contributed by atoms with Crippen molar-refractivity contribution in [1.82, 2.24) is 15.1 Å². The quantitative estimate of drug-likeness (QED) is 0.752. The smallest absolute Gasteiger partial charge is 0.239 e. The molecule has 0 aliphatic carbocycles. The highest BCUT2D eigenvalue weighted by molar-refractivity contribution is 5.82. The van der Waals surface area contributed by atoms with E-state index in [1.165, 1.54) is 0 Å². The van der Waals surface area contributed by atoms with Crippen molar-refractivity contribution in [2.75, 3.05) is 6.54 Å². The lowest BCUT2D eigenvalue weighted by Gasteiger charge is -2.41. The van der Waals surface area contributed by atoms with Gasteiger partial charge in [0.2, 0.25) is 5.91 Å². The van der Waals surface area contributed by atoms with Crippen LogP contribution in [0.2, 0.25) is 0 Å². The van der Waals surface area contributed by atoms with Crippen LogP contribution >= 0.6 is 0 Å². The molecule has 0 saturated carbocycles. The Morgan fingerprint density at radius 1 is 1.30 bits per heavy atom. The number of aromatic amines is 1. The van der Waals surface area contributed by atoms with E-state index in [0.717, 1.165) is 46.6 Å². The molecule has 2 unspecified atom stereocenters. The fourth-order valence-electron chi connectivity index (χ4n) is 4.23. The number of nitrogens with one attached hydrogen (secondary N) is 1. The topological polar surface area (TPSA) is 75.0 Å². The number of aryl methyl sites for hydroxylation is 2. The Hall–Kier alpha value is -2.92. The van der Waals surface area contributed by atoms with Crippen LogP contribution in [0, 0.1) is 19.9 Å². The Kier molecular flexibility index (Phi) is 4.54. The third-order valence-corrected chi connectivity index (χ3v) is 5.43. The summed E-state index contributed by atoms with van der Waals surface area (Å²) in [4.78, 5) is 14.8. The molecule has 137 valence electrons. The lowest BCUT2D eigenvalue weighted by Crippen LogP contribution is -2.45. The third kappa shape index (κ3) is 3.04. The first-order chi connectivity index (χ1) is 13.1. The molecule has 1 aliphatic heterocycles. The molecule has 3 aromatic rings. The van der Waals surface area contributed by atoms with Crippen LogP contribution in [0.3, 0.4) is 0 Å². The van der Waals surface area contributed by atoms with Crippen LogP contribution in [0.4, 0.5) is 0 Å². The van der Waals surface area contributed by atoms with Crippen LogP contribution in [-0.2, 0) is 11.2 Å². The molecule has 4 rings (SSSR count). The minimum Gasteiger partial charge on any atom is -0.368 e. The summed E-state index contributed by atoms with van der Waals surface area (Å²) in [5, 5.41) is 7.49. The maximum atomic E-state index is 12.5. The maximum Gasteiger partial charge on any atom is 0.239 e. The zero-order chi connectivity index (χ0) is 19.0. The highest BCUT2D eigenvalue weighted by Crippen LogP contribution is 2.40. The molecule has 3 N–H and O–H groups in total. The number of carbonyl (C=O) groups excluding carboxylic acids is 1. The van der Waals surface area contributed by atoms with Crippen LogP contribution in [0.25, 0.3) is 0 Å². The summed E-state index contributed by atoms with van der Waals surface area (Å²) < 4.78 is 0. The van der Waals surface area contributed by atoms with Gasteiger partial charge in [0, 0.05) is 17.8 Å². The second-order valence-electron chi connectivity index (χ2n) is 7.08. The van der Waals surface area contributed by atoms with Gasteiger partial charge in [-0.1, -0.05) is 48.5 Å². The predicted octanol–water partition coefficient (Wildman–Crippen LogP) is 3.00. The molecule has 1 amide bonds. The summed E-state index contributed by atoms with van der Waals surface area (Å²) in [5.41, 5.74) is 12.2. The first-order valence-corrected chi connectivity index (χ1v) is 9.18. The van der Waals surface area contributed by atoms with Crippen LogP contribution in [0.15, 0.2) is 48.5 Å². The highest BCUT2D eigenvalue weighted by atomic mass is 16.1. The Bertz CT molecular complexity index is 944. The summed E-state index contributed by atoms with van der Waals surface area (Å²) in [6, 6.07) is 18.6. The Balaban J connectivity index is 1.89. The van der Waals surface area contributed by atoms with Gasteiger partial charge in [-0.05, 0) is 43.0 Å². The molecule has 1 aromatic heterocycles. The summed E-state index contributed by atoms with van der Waals surface area (Å²) in [6.45, 7) is 4.76. The van der Waals surface area contributed by atoms with Gasteiger partial charge in [0.1, 0.15) is 6.04 Å². The van der Waals surface area contributed by atoms with E-state index in [-0.39, 0.29) is 11.9 Å². The second-order valence-corrected chi connectivity index (χ2v) is 7.08. The van der Waals surface area contributed by atoms with E-state index in [4.69, 9.17) is 5.73 Å². The largest absolute Gasteiger partial charge is 0.368 e. The first-order valence-electron chi connectivity index (χ1n) is 9.18. The van der Waals surface area contributed by atoms with Gasteiger partial charge in [-0.2, -0.15) is 5.10 Å². The van der Waals surface area contributed by atoms with Crippen molar-refractivity contribution in [2.45, 2.75) is 32.4 Å². The van der Waals surface area contributed by atoms with Gasteiger partial charge in [-0.25, -0.2) is 0 Å². The van der Waals surface area contributed by atoms with Gasteiger partial charge < -0.3 is 5.73 Å². The van der Waals surface area contributed by atoms with Crippen LogP contribution in [-0.4, -0.2) is 27.5 Å². The minimum absolute atomic E-state index is 0.0974. The number of amides is 1. The van der Waals surface area contributed by atoms with E-state index in [1.807, 2.05) is 50.2 Å². The number of rotatable bonds is 4. The summed E-state index contributed by atoms with van der Waals surface area (Å²) in [5.74, 6) is -0.332. The molecule has 5 heteroatoms. The van der Waals surface area contributed by atoms with Crippen molar-refractivity contribution in [3.8, 4) is 0 Å². The fraction of sp³-hybridized carbons (Fsp3) is 0.273. The number of hydrogen-bond acceptors (Lipinski definition) is 3. The average molecular weight is 359 g/mol. The molecule has 0 saturated heterocycles. The van der Waals surface area contributed by atoms with Crippen molar-refractivity contribution in [2.24, 2.45) is 5.73 Å². The van der Waals surface area contributed by atoms with E-state index in [9.17, 15) is 4.79 Å². The second kappa shape index (κ2) is 7.00. The summed E-state index contributed by atoms with van der Waals surface area (Å²) >= 11 is 0. The number of hydrogen-bond donors (Lipinski definition) is 2. The van der Waals surface area contributed by atoms with E-state index < -0.39 is 6.04 Å². The van der Waals surface area contributed by atoms with Crippen LogP contribution in [0.5, 0.6) is 0 Å². The lowest BCUT2D eigenvalue weighted by molar-refractivity contribution is -0.124. The first kappa shape index (κ1) is 17.5. The Morgan fingerprint density at radius 3 is 2.74 bits per heavy atom. The molecule has 0 bridgehead atoms. The SMILES string of the molecule is Cc1n[nH]c(C)c1C(c1ccccc1)N1CCc2c[c]ccc2C1C(N)=O. The van der Waals surface area contributed by atoms with Gasteiger partial charge in [0.25, 0.3) is 0 Å². The average Bonchev–Trinajstić information content (AvgIpc) is 3.01. The molecular weight excluding hydrogens is 336 g/mol. The molecule has 2 heterocycles. The highest BCUT2D eigenvalue weighted by Gasteiger charge is 2.38. The summed E-state index contributed by atoms with van der Waals surface area (Å²) in [6.07, 6.45) is 0.857. The maximum absolute atomic E-state index is 12.5. The number of carbonyl (C=O) groups is 1. The molecule has 0 fully saturated rings. The van der Waals surface area contributed by atoms with Gasteiger partial charge in [0.15, 0.2) is 0 Å².